The van der Waals surface area contributed by atoms with Gasteiger partial charge in [-0.15, -0.1) is 0 Å². The minimum Gasteiger partial charge on any atom is -0.0654 e. The van der Waals surface area contributed by atoms with Crippen LogP contribution < -0.4 is 0 Å². The van der Waals surface area contributed by atoms with Crippen molar-refractivity contribution in [3.63, 3.8) is 0 Å². The van der Waals surface area contributed by atoms with Crippen LogP contribution in [0.4, 0.5) is 0 Å². The third-order valence-corrected chi connectivity index (χ3v) is 3.67. The summed E-state index contributed by atoms with van der Waals surface area (Å²) in [5.74, 6) is 1.97. The fourth-order valence-electron chi connectivity index (χ4n) is 2.41. The van der Waals surface area contributed by atoms with Crippen molar-refractivity contribution in [3.8, 4) is 0 Å². The molecule has 0 aromatic carbocycles. The molecule has 0 bridgehead atoms. The van der Waals surface area contributed by atoms with Crippen molar-refractivity contribution in [3.05, 3.63) is 0 Å². The monoisotopic (exact) mass is 212 g/mol. The minimum atomic E-state index is 0.961. The van der Waals surface area contributed by atoms with Crippen molar-refractivity contribution in [1.29, 1.82) is 0 Å². The lowest BCUT2D eigenvalue weighted by molar-refractivity contribution is 0.281. The van der Waals surface area contributed by atoms with Crippen LogP contribution in [0.2, 0.25) is 0 Å². The summed E-state index contributed by atoms with van der Waals surface area (Å²) in [5.41, 5.74) is 0. The summed E-state index contributed by atoms with van der Waals surface area (Å²) in [6.07, 6.45) is 12.8. The van der Waals surface area contributed by atoms with Crippen molar-refractivity contribution in [1.82, 2.24) is 0 Å². The summed E-state index contributed by atoms with van der Waals surface area (Å²) in [7, 11) is 0. The van der Waals surface area contributed by atoms with Crippen LogP contribution in [0.5, 0.6) is 0 Å². The lowest BCUT2D eigenvalue weighted by atomic mass is 9.82. The molecule has 0 saturated heterocycles. The first-order valence-electron chi connectivity index (χ1n) is 7.26. The average Bonchev–Trinajstić information content (AvgIpc) is 2.26. The fraction of sp³-hybridized carbons (Fsp3) is 1.00. The van der Waals surface area contributed by atoms with Gasteiger partial charge in [0, 0.05) is 0 Å². The molecular weight excluding hydrogens is 180 g/mol. The molecule has 0 saturated carbocycles. The molecular formula is C15H32. The zero-order chi connectivity index (χ0) is 11.5. The van der Waals surface area contributed by atoms with Crippen molar-refractivity contribution in [2.75, 3.05) is 0 Å². The molecule has 0 aliphatic rings. The maximum absolute atomic E-state index is 2.48. The van der Waals surface area contributed by atoms with Crippen LogP contribution in [0.15, 0.2) is 0 Å². The first kappa shape index (κ1) is 15.0. The highest BCUT2D eigenvalue weighted by molar-refractivity contribution is 4.67. The Labute approximate surface area is 97.8 Å². The summed E-state index contributed by atoms with van der Waals surface area (Å²) in [5, 5.41) is 0. The van der Waals surface area contributed by atoms with E-state index in [-0.39, 0.29) is 0 Å². The van der Waals surface area contributed by atoms with Gasteiger partial charge in [0.2, 0.25) is 0 Å². The van der Waals surface area contributed by atoms with E-state index < -0.39 is 0 Å². The number of unbranched alkanes of at least 4 members (excludes halogenated alkanes) is 3. The Hall–Kier alpha value is 0. The minimum absolute atomic E-state index is 0.961. The van der Waals surface area contributed by atoms with Gasteiger partial charge in [-0.2, -0.15) is 0 Å². The van der Waals surface area contributed by atoms with Crippen LogP contribution >= 0.6 is 0 Å². The highest BCUT2D eigenvalue weighted by Gasteiger charge is 2.15. The highest BCUT2D eigenvalue weighted by atomic mass is 14.2. The van der Waals surface area contributed by atoms with Gasteiger partial charge >= 0.3 is 0 Å². The summed E-state index contributed by atoms with van der Waals surface area (Å²) >= 11 is 0. The lowest BCUT2D eigenvalue weighted by Gasteiger charge is -2.23. The zero-order valence-electron chi connectivity index (χ0n) is 11.5. The van der Waals surface area contributed by atoms with Crippen LogP contribution in [-0.4, -0.2) is 0 Å². The Morgan fingerprint density at radius 3 is 1.47 bits per heavy atom. The Kier molecular flexibility index (Phi) is 10.5. The topological polar surface area (TPSA) is 0 Å². The molecule has 0 aliphatic carbocycles. The molecule has 0 aromatic rings. The molecule has 0 spiro atoms. The molecule has 15 heavy (non-hydrogen) atoms. The van der Waals surface area contributed by atoms with E-state index in [1.54, 1.807) is 0 Å². The van der Waals surface area contributed by atoms with Crippen LogP contribution in [0.25, 0.3) is 0 Å². The number of hydrogen-bond acceptors (Lipinski definition) is 0. The second kappa shape index (κ2) is 10.5. The predicted octanol–water partition coefficient (Wildman–Crippen LogP) is 5.81. The second-order valence-corrected chi connectivity index (χ2v) is 5.16. The Morgan fingerprint density at radius 2 is 1.07 bits per heavy atom. The van der Waals surface area contributed by atoms with Crippen molar-refractivity contribution in [2.45, 2.75) is 85.5 Å². The lowest BCUT2D eigenvalue weighted by Crippen LogP contribution is -2.12. The highest BCUT2D eigenvalue weighted by Crippen LogP contribution is 2.27. The molecule has 0 heteroatoms. The molecule has 1 unspecified atom stereocenters. The first-order chi connectivity index (χ1) is 7.26. The van der Waals surface area contributed by atoms with Gasteiger partial charge in [-0.1, -0.05) is 85.5 Å². The van der Waals surface area contributed by atoms with E-state index >= 15 is 0 Å². The summed E-state index contributed by atoms with van der Waals surface area (Å²) in [4.78, 5) is 0. The molecule has 0 heterocycles. The maximum Gasteiger partial charge on any atom is -0.0388 e. The summed E-state index contributed by atoms with van der Waals surface area (Å²) in [6.45, 7) is 9.41. The molecule has 0 rings (SSSR count). The van der Waals surface area contributed by atoms with Crippen LogP contribution in [0.3, 0.4) is 0 Å². The molecule has 0 radical (unpaired) electrons. The molecule has 0 aromatic heterocycles. The van der Waals surface area contributed by atoms with Crippen molar-refractivity contribution < 1.29 is 0 Å². The summed E-state index contributed by atoms with van der Waals surface area (Å²) < 4.78 is 0. The Bertz CT molecular complexity index is 109. The number of rotatable bonds is 10. The molecule has 0 fully saturated rings. The fourth-order valence-corrected chi connectivity index (χ4v) is 2.41. The largest absolute Gasteiger partial charge is 0.0654 e. The first-order valence-corrected chi connectivity index (χ1v) is 7.26. The second-order valence-electron chi connectivity index (χ2n) is 5.16. The Morgan fingerprint density at radius 1 is 0.667 bits per heavy atom. The van der Waals surface area contributed by atoms with Crippen molar-refractivity contribution in [2.24, 2.45) is 11.8 Å². The third-order valence-electron chi connectivity index (χ3n) is 3.67. The standard InChI is InChI=1S/C15H32/c1-5-8-11-14(4)15(12-9-6-2)13-10-7-3/h14-15H,5-13H2,1-4H3. The smallest absolute Gasteiger partial charge is 0.0388 e. The SMILES string of the molecule is CCCCC(C)C(CCCC)CCCC. The normalized spacial score (nSPS) is 13.4. The van der Waals surface area contributed by atoms with E-state index in [4.69, 9.17) is 0 Å². The number of hydrogen-bond donors (Lipinski definition) is 0. The van der Waals surface area contributed by atoms with Crippen LogP contribution in [-0.2, 0) is 0 Å². The third kappa shape index (κ3) is 7.88. The van der Waals surface area contributed by atoms with E-state index in [0.29, 0.717) is 0 Å². The van der Waals surface area contributed by atoms with Crippen LogP contribution in [0, 0.1) is 11.8 Å². The Balaban J connectivity index is 3.84. The molecule has 0 aliphatic heterocycles. The maximum atomic E-state index is 2.48. The zero-order valence-corrected chi connectivity index (χ0v) is 11.5. The summed E-state index contributed by atoms with van der Waals surface area (Å²) in [6, 6.07) is 0. The van der Waals surface area contributed by atoms with Crippen molar-refractivity contribution >= 4 is 0 Å². The quantitative estimate of drug-likeness (QED) is 0.429. The van der Waals surface area contributed by atoms with Gasteiger partial charge in [0.15, 0.2) is 0 Å². The van der Waals surface area contributed by atoms with Gasteiger partial charge < -0.3 is 0 Å². The van der Waals surface area contributed by atoms with E-state index in [2.05, 4.69) is 27.7 Å². The van der Waals surface area contributed by atoms with Gasteiger partial charge in [0.25, 0.3) is 0 Å². The van der Waals surface area contributed by atoms with E-state index in [1.807, 2.05) is 0 Å². The molecule has 0 nitrogen and oxygen atoms in total. The predicted molar refractivity (Wildman–Crippen MR) is 71.2 cm³/mol. The van der Waals surface area contributed by atoms with E-state index in [9.17, 15) is 0 Å². The van der Waals surface area contributed by atoms with Crippen LogP contribution in [0.1, 0.15) is 85.5 Å². The molecule has 0 amide bonds. The molecule has 0 N–H and O–H groups in total. The van der Waals surface area contributed by atoms with E-state index in [0.717, 1.165) is 11.8 Å². The average molecular weight is 212 g/mol. The van der Waals surface area contributed by atoms with Gasteiger partial charge in [-0.25, -0.2) is 0 Å². The molecule has 92 valence electrons. The van der Waals surface area contributed by atoms with Gasteiger partial charge in [0.05, 0.1) is 0 Å². The van der Waals surface area contributed by atoms with Gasteiger partial charge in [0.1, 0.15) is 0 Å². The van der Waals surface area contributed by atoms with Gasteiger partial charge in [-0.3, -0.25) is 0 Å². The van der Waals surface area contributed by atoms with E-state index in [1.165, 1.54) is 57.8 Å². The van der Waals surface area contributed by atoms with Gasteiger partial charge in [-0.05, 0) is 11.8 Å². The molecule has 1 atom stereocenters.